The van der Waals surface area contributed by atoms with E-state index in [1.54, 1.807) is 22.7 Å². The number of aromatic nitrogens is 2. The van der Waals surface area contributed by atoms with Gasteiger partial charge in [0.25, 0.3) is 0 Å². The number of benzene rings is 1. The van der Waals surface area contributed by atoms with Crippen molar-refractivity contribution in [3.8, 4) is 0 Å². The Balaban J connectivity index is 2.02. The fraction of sp³-hybridized carbons (Fsp3) is 0.0625. The second-order valence-electron chi connectivity index (χ2n) is 5.08. The molecule has 3 aromatic rings. The minimum Gasteiger partial charge on any atom is -0.481 e. The molecule has 0 aliphatic rings. The number of azo groups is 1. The van der Waals surface area contributed by atoms with E-state index in [1.807, 2.05) is 0 Å². The third-order valence-corrected chi connectivity index (χ3v) is 3.54. The van der Waals surface area contributed by atoms with E-state index in [0.717, 1.165) is 0 Å². The van der Waals surface area contributed by atoms with E-state index in [-0.39, 0.29) is 23.5 Å². The predicted octanol–water partition coefficient (Wildman–Crippen LogP) is 3.73. The zero-order valence-electron chi connectivity index (χ0n) is 12.6. The average Bonchev–Trinajstić information content (AvgIpc) is 2.89. The maximum atomic E-state index is 11.0. The van der Waals surface area contributed by atoms with Gasteiger partial charge in [-0.3, -0.25) is 9.20 Å². The predicted molar refractivity (Wildman–Crippen MR) is 89.1 cm³/mol. The molecule has 0 fully saturated rings. The quantitative estimate of drug-likeness (QED) is 0.674. The Morgan fingerprint density at radius 1 is 1.08 bits per heavy atom. The van der Waals surface area contributed by atoms with Crippen LogP contribution in [0.25, 0.3) is 5.65 Å². The number of rotatable bonds is 5. The van der Waals surface area contributed by atoms with Gasteiger partial charge in [-0.2, -0.15) is 0 Å². The largest absolute Gasteiger partial charge is 0.481 e. The molecule has 25 heavy (non-hydrogen) atoms. The molecule has 3 rings (SSSR count). The highest BCUT2D eigenvalue weighted by Crippen LogP contribution is 2.26. The molecule has 0 atom stereocenters. The molecule has 2 aromatic heterocycles. The Morgan fingerprint density at radius 3 is 2.44 bits per heavy atom. The number of nitrogens with zero attached hydrogens (tertiary/aromatic N) is 4. The number of hydrogen-bond donors (Lipinski definition) is 2. The highest BCUT2D eigenvalue weighted by atomic mass is 35.5. The summed E-state index contributed by atoms with van der Waals surface area (Å²) >= 11 is 5.98. The molecule has 0 saturated carbocycles. The minimum absolute atomic E-state index is 0.132. The summed E-state index contributed by atoms with van der Waals surface area (Å²) in [6.07, 6.45) is 1.25. The topological polar surface area (TPSA) is 117 Å². The van der Waals surface area contributed by atoms with Crippen LogP contribution in [0.2, 0.25) is 5.02 Å². The molecule has 0 radical (unpaired) electrons. The molecule has 0 amide bonds. The fourth-order valence-corrected chi connectivity index (χ4v) is 2.36. The zero-order valence-corrected chi connectivity index (χ0v) is 13.4. The summed E-state index contributed by atoms with van der Waals surface area (Å²) in [5.41, 5.74) is 1.30. The van der Waals surface area contributed by atoms with Crippen LogP contribution in [0.3, 0.4) is 0 Å². The molecule has 9 heteroatoms. The van der Waals surface area contributed by atoms with Gasteiger partial charge in [-0.15, -0.1) is 10.2 Å². The van der Waals surface area contributed by atoms with Gasteiger partial charge in [0.15, 0.2) is 5.82 Å². The number of carboxylic acids is 2. The third-order valence-electron chi connectivity index (χ3n) is 3.32. The lowest BCUT2D eigenvalue weighted by Crippen LogP contribution is -2.00. The smallest absolute Gasteiger partial charge is 0.335 e. The maximum absolute atomic E-state index is 11.0. The Hall–Kier alpha value is -3.26. The number of pyridine rings is 1. The highest BCUT2D eigenvalue weighted by molar-refractivity contribution is 6.30. The summed E-state index contributed by atoms with van der Waals surface area (Å²) in [7, 11) is 0. The van der Waals surface area contributed by atoms with Crippen LogP contribution in [0, 0.1) is 0 Å². The van der Waals surface area contributed by atoms with Gasteiger partial charge in [0.2, 0.25) is 0 Å². The van der Waals surface area contributed by atoms with Gasteiger partial charge in [-0.05, 0) is 36.4 Å². The van der Waals surface area contributed by atoms with E-state index >= 15 is 0 Å². The van der Waals surface area contributed by atoms with E-state index in [4.69, 9.17) is 21.8 Å². The Labute approximate surface area is 146 Å². The first-order chi connectivity index (χ1) is 11.9. The Morgan fingerprint density at radius 2 is 1.80 bits per heavy atom. The molecule has 2 N–H and O–H groups in total. The van der Waals surface area contributed by atoms with Crippen molar-refractivity contribution in [2.24, 2.45) is 10.2 Å². The van der Waals surface area contributed by atoms with Crippen molar-refractivity contribution >= 4 is 40.7 Å². The Kier molecular flexibility index (Phi) is 4.44. The van der Waals surface area contributed by atoms with Crippen molar-refractivity contribution in [1.29, 1.82) is 0 Å². The lowest BCUT2D eigenvalue weighted by molar-refractivity contribution is -0.136. The molecule has 0 bridgehead atoms. The summed E-state index contributed by atoms with van der Waals surface area (Å²) in [6, 6.07) is 9.09. The lowest BCUT2D eigenvalue weighted by atomic mass is 10.2. The number of fused-ring (bicyclic) bond motifs is 1. The molecule has 2 heterocycles. The molecule has 1 aromatic carbocycles. The van der Waals surface area contributed by atoms with Crippen LogP contribution in [0.1, 0.15) is 16.1 Å². The minimum atomic E-state index is -1.04. The van der Waals surface area contributed by atoms with Gasteiger partial charge in [0.05, 0.1) is 28.4 Å². The van der Waals surface area contributed by atoms with Gasteiger partial charge in [0.1, 0.15) is 5.65 Å². The summed E-state index contributed by atoms with van der Waals surface area (Å²) in [5, 5.41) is 26.5. The number of halogens is 1. The first-order valence-electron chi connectivity index (χ1n) is 7.07. The zero-order chi connectivity index (χ0) is 18.0. The molecule has 126 valence electrons. The van der Waals surface area contributed by atoms with Crippen LogP contribution in [0.5, 0.6) is 0 Å². The molecular weight excluding hydrogens is 348 g/mol. The molecule has 0 aliphatic heterocycles. The van der Waals surface area contributed by atoms with Gasteiger partial charge in [0, 0.05) is 6.20 Å². The SMILES string of the molecule is O=C(O)Cc1nc2ccc(Cl)cn2c1N=Nc1ccc(C(=O)O)cc1. The van der Waals surface area contributed by atoms with E-state index in [1.165, 1.54) is 24.3 Å². The Bertz CT molecular complexity index is 995. The second-order valence-corrected chi connectivity index (χ2v) is 5.52. The van der Waals surface area contributed by atoms with Crippen LogP contribution in [-0.4, -0.2) is 31.5 Å². The normalized spacial score (nSPS) is 11.2. The fourth-order valence-electron chi connectivity index (χ4n) is 2.20. The van der Waals surface area contributed by atoms with Crippen molar-refractivity contribution in [2.45, 2.75) is 6.42 Å². The van der Waals surface area contributed by atoms with Gasteiger partial charge >= 0.3 is 11.9 Å². The maximum Gasteiger partial charge on any atom is 0.335 e. The third kappa shape index (κ3) is 3.64. The van der Waals surface area contributed by atoms with Crippen LogP contribution in [-0.2, 0) is 11.2 Å². The van der Waals surface area contributed by atoms with Crippen LogP contribution in [0.4, 0.5) is 11.5 Å². The number of aromatic carboxylic acids is 1. The summed E-state index contributed by atoms with van der Waals surface area (Å²) in [6.45, 7) is 0. The lowest BCUT2D eigenvalue weighted by Gasteiger charge is -1.99. The number of imidazole rings is 1. The van der Waals surface area contributed by atoms with E-state index in [2.05, 4.69) is 15.2 Å². The van der Waals surface area contributed by atoms with Gasteiger partial charge in [-0.1, -0.05) is 11.6 Å². The second kappa shape index (κ2) is 6.70. The molecule has 0 aliphatic carbocycles. The molecule has 0 unspecified atom stereocenters. The van der Waals surface area contributed by atoms with Crippen molar-refractivity contribution in [3.05, 3.63) is 58.9 Å². The summed E-state index contributed by atoms with van der Waals surface area (Å²) in [4.78, 5) is 26.1. The average molecular weight is 359 g/mol. The van der Waals surface area contributed by atoms with Crippen LogP contribution in [0.15, 0.2) is 52.8 Å². The van der Waals surface area contributed by atoms with Crippen molar-refractivity contribution in [1.82, 2.24) is 9.38 Å². The van der Waals surface area contributed by atoms with Gasteiger partial charge < -0.3 is 10.2 Å². The van der Waals surface area contributed by atoms with E-state index in [0.29, 0.717) is 16.4 Å². The first-order valence-corrected chi connectivity index (χ1v) is 7.45. The van der Waals surface area contributed by atoms with Crippen molar-refractivity contribution in [3.63, 3.8) is 0 Å². The van der Waals surface area contributed by atoms with Crippen molar-refractivity contribution in [2.75, 3.05) is 0 Å². The molecule has 0 saturated heterocycles. The van der Waals surface area contributed by atoms with Crippen molar-refractivity contribution < 1.29 is 19.8 Å². The molecule has 8 nitrogen and oxygen atoms in total. The standard InChI is InChI=1S/C16H11ClN4O4/c17-10-3-6-13-18-12(7-14(22)23)15(21(13)8-10)20-19-11-4-1-9(2-5-11)16(24)25/h1-6,8H,7H2,(H,22,23)(H,24,25). The summed E-state index contributed by atoms with van der Waals surface area (Å²) < 4.78 is 1.55. The molecular formula is C16H11ClN4O4. The first kappa shape index (κ1) is 16.6. The molecule has 0 spiro atoms. The summed E-state index contributed by atoms with van der Waals surface area (Å²) in [5.74, 6) is -1.83. The number of aliphatic carboxylic acids is 1. The highest BCUT2D eigenvalue weighted by Gasteiger charge is 2.15. The number of hydrogen-bond acceptors (Lipinski definition) is 5. The van der Waals surface area contributed by atoms with E-state index < -0.39 is 11.9 Å². The van der Waals surface area contributed by atoms with E-state index in [9.17, 15) is 9.59 Å². The monoisotopic (exact) mass is 358 g/mol. The number of carbonyl (C=O) groups is 2. The van der Waals surface area contributed by atoms with Crippen LogP contribution < -0.4 is 0 Å². The van der Waals surface area contributed by atoms with Crippen LogP contribution >= 0.6 is 11.6 Å². The van der Waals surface area contributed by atoms with Gasteiger partial charge in [-0.25, -0.2) is 9.78 Å². The number of carboxylic acid groups (broad SMARTS) is 2.